The van der Waals surface area contributed by atoms with Crippen molar-refractivity contribution in [2.45, 2.75) is 6.36 Å². The van der Waals surface area contributed by atoms with Crippen molar-refractivity contribution in [1.82, 2.24) is 4.98 Å². The molecule has 0 amide bonds. The Morgan fingerprint density at radius 3 is 2.77 bits per heavy atom. The van der Waals surface area contributed by atoms with Gasteiger partial charge in [-0.05, 0) is 12.1 Å². The lowest BCUT2D eigenvalue weighted by Gasteiger charge is -2.08. The van der Waals surface area contributed by atoms with E-state index in [1.165, 1.54) is 6.07 Å². The van der Waals surface area contributed by atoms with Gasteiger partial charge in [0.05, 0.1) is 6.20 Å². The zero-order valence-corrected chi connectivity index (χ0v) is 6.09. The van der Waals surface area contributed by atoms with Gasteiger partial charge in [0.1, 0.15) is 6.07 Å². The Balaban J connectivity index is 2.96. The van der Waals surface area contributed by atoms with E-state index in [0.717, 1.165) is 12.1 Å². The second-order valence-electron chi connectivity index (χ2n) is 1.95. The molecule has 1 heterocycles. The molecule has 1 rings (SSSR count). The fourth-order valence-corrected chi connectivity index (χ4v) is 0.636. The van der Waals surface area contributed by atoms with Crippen LogP contribution in [0.15, 0.2) is 12.1 Å². The Morgan fingerprint density at radius 1 is 1.54 bits per heavy atom. The maximum atomic E-state index is 11.7. The van der Waals surface area contributed by atoms with E-state index in [4.69, 9.17) is 5.26 Å². The van der Waals surface area contributed by atoms with Gasteiger partial charge < -0.3 is 4.74 Å². The molecule has 0 aliphatic rings. The molecule has 0 saturated carbocycles. The first kappa shape index (κ1) is 9.32. The highest BCUT2D eigenvalue weighted by molar-refractivity contribution is 5.36. The molecule has 13 heavy (non-hydrogen) atoms. The van der Waals surface area contributed by atoms with Gasteiger partial charge in [-0.3, -0.25) is 0 Å². The van der Waals surface area contributed by atoms with Gasteiger partial charge in [-0.25, -0.2) is 4.98 Å². The average Bonchev–Trinajstić information content (AvgIpc) is 2.02. The number of nitrogens with zero attached hydrogens (tertiary/aromatic N) is 2. The molecule has 0 aliphatic heterocycles. The van der Waals surface area contributed by atoms with Gasteiger partial charge in [0.15, 0.2) is 11.4 Å². The smallest absolute Gasteiger partial charge is 0.403 e. The number of nitriles is 1. The predicted octanol–water partition coefficient (Wildman–Crippen LogP) is 1.65. The molecule has 0 aromatic carbocycles. The third kappa shape index (κ3) is 2.63. The minimum atomic E-state index is -4.81. The van der Waals surface area contributed by atoms with E-state index in [0.29, 0.717) is 0 Å². The van der Waals surface area contributed by atoms with Crippen LogP contribution in [0.4, 0.5) is 13.2 Å². The first-order chi connectivity index (χ1) is 6.03. The largest absolute Gasteiger partial charge is 0.573 e. The lowest BCUT2D eigenvalue weighted by molar-refractivity contribution is -0.274. The third-order valence-corrected chi connectivity index (χ3v) is 1.05. The second-order valence-corrected chi connectivity index (χ2v) is 1.95. The van der Waals surface area contributed by atoms with Crippen LogP contribution in [0.25, 0.3) is 0 Å². The van der Waals surface area contributed by atoms with Crippen LogP contribution < -0.4 is 4.74 Å². The molecule has 0 atom stereocenters. The second kappa shape index (κ2) is 3.31. The van der Waals surface area contributed by atoms with E-state index in [1.807, 2.05) is 0 Å². The maximum absolute atomic E-state index is 11.7. The van der Waals surface area contributed by atoms with Gasteiger partial charge in [-0.2, -0.15) is 5.26 Å². The zero-order chi connectivity index (χ0) is 9.90. The quantitative estimate of drug-likeness (QED) is 0.671. The third-order valence-electron chi connectivity index (χ3n) is 1.05. The fraction of sp³-hybridized carbons (Fsp3) is 0.143. The van der Waals surface area contributed by atoms with E-state index in [9.17, 15) is 13.2 Å². The first-order valence-electron chi connectivity index (χ1n) is 3.06. The van der Waals surface area contributed by atoms with Crippen molar-refractivity contribution in [3.63, 3.8) is 0 Å². The minimum Gasteiger partial charge on any atom is -0.403 e. The monoisotopic (exact) mass is 187 g/mol. The Bertz CT molecular complexity index is 342. The van der Waals surface area contributed by atoms with E-state index < -0.39 is 17.8 Å². The highest BCUT2D eigenvalue weighted by Gasteiger charge is 2.32. The highest BCUT2D eigenvalue weighted by atomic mass is 19.4. The fourth-order valence-electron chi connectivity index (χ4n) is 0.636. The van der Waals surface area contributed by atoms with Crippen LogP contribution in [-0.2, 0) is 0 Å². The van der Waals surface area contributed by atoms with Crippen LogP contribution in [-0.4, -0.2) is 11.3 Å². The Morgan fingerprint density at radius 2 is 2.23 bits per heavy atom. The van der Waals surface area contributed by atoms with Crippen molar-refractivity contribution in [2.75, 3.05) is 0 Å². The van der Waals surface area contributed by atoms with Crippen LogP contribution >= 0.6 is 0 Å². The van der Waals surface area contributed by atoms with Gasteiger partial charge in [0, 0.05) is 0 Å². The van der Waals surface area contributed by atoms with Crippen molar-refractivity contribution >= 4 is 0 Å². The average molecular weight is 187 g/mol. The first-order valence-corrected chi connectivity index (χ1v) is 3.06. The van der Waals surface area contributed by atoms with E-state index in [-0.39, 0.29) is 0 Å². The molecule has 0 N–H and O–H groups in total. The number of alkyl halides is 3. The van der Waals surface area contributed by atoms with Crippen LogP contribution in [0.1, 0.15) is 5.69 Å². The molecule has 0 spiro atoms. The van der Waals surface area contributed by atoms with Crippen molar-refractivity contribution in [2.24, 2.45) is 0 Å². The predicted molar refractivity (Wildman–Crippen MR) is 34.5 cm³/mol. The standard InChI is InChI=1S/C7H2F3N2O/c8-7(9,10)13-6-2-1-3-12-5(6)4-11/h1-2H. The topological polar surface area (TPSA) is 45.9 Å². The summed E-state index contributed by atoms with van der Waals surface area (Å²) in [6, 6.07) is 3.55. The molecule has 0 fully saturated rings. The van der Waals surface area contributed by atoms with Crippen molar-refractivity contribution in [3.8, 4) is 11.8 Å². The van der Waals surface area contributed by atoms with Gasteiger partial charge in [-0.15, -0.1) is 13.2 Å². The molecule has 1 aromatic rings. The summed E-state index contributed by atoms with van der Waals surface area (Å²) in [7, 11) is 0. The SMILES string of the molecule is N#Cc1n[c]ccc1OC(F)(F)F. The molecule has 1 aromatic heterocycles. The van der Waals surface area contributed by atoms with E-state index in [1.54, 1.807) is 0 Å². The van der Waals surface area contributed by atoms with Gasteiger partial charge in [-0.1, -0.05) is 0 Å². The van der Waals surface area contributed by atoms with E-state index >= 15 is 0 Å². The lowest BCUT2D eigenvalue weighted by Crippen LogP contribution is -2.18. The summed E-state index contributed by atoms with van der Waals surface area (Å²) in [5.74, 6) is -0.617. The number of hydrogen-bond acceptors (Lipinski definition) is 3. The Labute approximate surface area is 71.4 Å². The minimum absolute atomic E-state index is 0.445. The van der Waals surface area contributed by atoms with Crippen LogP contribution in [0.2, 0.25) is 0 Å². The number of halogens is 3. The molecule has 3 nitrogen and oxygen atoms in total. The summed E-state index contributed by atoms with van der Waals surface area (Å²) >= 11 is 0. The molecule has 6 heteroatoms. The summed E-state index contributed by atoms with van der Waals surface area (Å²) in [5.41, 5.74) is -0.445. The molecule has 0 unspecified atom stereocenters. The summed E-state index contributed by atoms with van der Waals surface area (Å²) in [5, 5.41) is 8.34. The number of hydrogen-bond donors (Lipinski definition) is 0. The molecule has 1 radical (unpaired) electrons. The summed E-state index contributed by atoms with van der Waals surface area (Å²) in [6.45, 7) is 0. The van der Waals surface area contributed by atoms with E-state index in [2.05, 4.69) is 15.9 Å². The van der Waals surface area contributed by atoms with Crippen LogP contribution in [0, 0.1) is 17.5 Å². The number of ether oxygens (including phenoxy) is 1. The maximum Gasteiger partial charge on any atom is 0.573 e. The van der Waals surface area contributed by atoms with Gasteiger partial charge >= 0.3 is 6.36 Å². The van der Waals surface area contributed by atoms with Gasteiger partial charge in [0.2, 0.25) is 0 Å². The molecule has 67 valence electrons. The summed E-state index contributed by atoms with van der Waals surface area (Å²) in [6.07, 6.45) is -2.59. The molecular formula is C7H2F3N2O. The summed E-state index contributed by atoms with van der Waals surface area (Å²) < 4.78 is 38.6. The number of aromatic nitrogens is 1. The lowest BCUT2D eigenvalue weighted by atomic mass is 10.3. The number of rotatable bonds is 1. The Kier molecular flexibility index (Phi) is 2.37. The number of pyridine rings is 1. The molecule has 0 saturated heterocycles. The van der Waals surface area contributed by atoms with Crippen molar-refractivity contribution < 1.29 is 17.9 Å². The van der Waals surface area contributed by atoms with Gasteiger partial charge in [0.25, 0.3) is 0 Å². The highest BCUT2D eigenvalue weighted by Crippen LogP contribution is 2.23. The van der Waals surface area contributed by atoms with Crippen LogP contribution in [0.3, 0.4) is 0 Å². The van der Waals surface area contributed by atoms with Crippen LogP contribution in [0.5, 0.6) is 5.75 Å². The summed E-state index contributed by atoms with van der Waals surface area (Å²) in [4.78, 5) is 3.27. The Hall–Kier alpha value is -1.77. The molecule has 0 aliphatic carbocycles. The van der Waals surface area contributed by atoms with Crippen molar-refractivity contribution in [1.29, 1.82) is 5.26 Å². The molecule has 0 bridgehead atoms. The van der Waals surface area contributed by atoms with Crippen molar-refractivity contribution in [3.05, 3.63) is 24.0 Å². The zero-order valence-electron chi connectivity index (χ0n) is 6.09. The molecular weight excluding hydrogens is 185 g/mol. The normalized spacial score (nSPS) is 10.6.